The van der Waals surface area contributed by atoms with Gasteiger partial charge in [-0.1, -0.05) is 13.3 Å². The Kier molecular flexibility index (Phi) is 5.64. The molecule has 0 aliphatic carbocycles. The molecule has 0 fully saturated rings. The van der Waals surface area contributed by atoms with Gasteiger partial charge in [0.1, 0.15) is 12.4 Å². The highest BCUT2D eigenvalue weighted by atomic mass is 79.9. The van der Waals surface area contributed by atoms with E-state index in [4.69, 9.17) is 4.74 Å². The fourth-order valence-electron chi connectivity index (χ4n) is 2.09. The van der Waals surface area contributed by atoms with Gasteiger partial charge < -0.3 is 10.1 Å². The number of anilines is 1. The zero-order chi connectivity index (χ0) is 15.4. The summed E-state index contributed by atoms with van der Waals surface area (Å²) in [5.74, 6) is 0.561. The second kappa shape index (κ2) is 7.26. The van der Waals surface area contributed by atoms with Gasteiger partial charge in [-0.15, -0.1) is 0 Å². The average Bonchev–Trinajstić information content (AvgIpc) is 2.75. The fraction of sp³-hybridized carbons (Fsp3) is 0.429. The summed E-state index contributed by atoms with van der Waals surface area (Å²) in [6.45, 7) is 4.40. The van der Waals surface area contributed by atoms with Gasteiger partial charge in [0.05, 0.1) is 16.8 Å². The van der Waals surface area contributed by atoms with Crippen LogP contribution in [0.5, 0.6) is 0 Å². The van der Waals surface area contributed by atoms with Gasteiger partial charge in [-0.3, -0.25) is 9.20 Å². The van der Waals surface area contributed by atoms with E-state index >= 15 is 0 Å². The Labute approximate surface area is 140 Å². The SMILES string of the molecule is CCCc1nc2c(Br)cc(Br)cn2c1NCC(=O)OCC. The summed E-state index contributed by atoms with van der Waals surface area (Å²) < 4.78 is 8.73. The van der Waals surface area contributed by atoms with Crippen molar-refractivity contribution >= 4 is 49.3 Å². The third-order valence-electron chi connectivity index (χ3n) is 2.91. The molecule has 0 spiro atoms. The molecule has 114 valence electrons. The summed E-state index contributed by atoms with van der Waals surface area (Å²) in [5.41, 5.74) is 1.77. The maximum absolute atomic E-state index is 11.5. The van der Waals surface area contributed by atoms with E-state index in [0.29, 0.717) is 6.61 Å². The van der Waals surface area contributed by atoms with Gasteiger partial charge in [0.15, 0.2) is 5.65 Å². The first-order valence-electron chi connectivity index (χ1n) is 6.82. The molecule has 2 aromatic rings. The van der Waals surface area contributed by atoms with Crippen LogP contribution in [0, 0.1) is 0 Å². The van der Waals surface area contributed by atoms with E-state index in [-0.39, 0.29) is 12.5 Å². The molecule has 0 aromatic carbocycles. The molecule has 0 aliphatic rings. The predicted molar refractivity (Wildman–Crippen MR) is 89.7 cm³/mol. The molecule has 0 radical (unpaired) electrons. The van der Waals surface area contributed by atoms with Crippen LogP contribution in [0.3, 0.4) is 0 Å². The molecule has 7 heteroatoms. The second-order valence-corrected chi connectivity index (χ2v) is 6.29. The minimum atomic E-state index is -0.274. The number of carbonyl (C=O) groups is 1. The lowest BCUT2D eigenvalue weighted by atomic mass is 10.2. The summed E-state index contributed by atoms with van der Waals surface area (Å²) in [7, 11) is 0. The van der Waals surface area contributed by atoms with Crippen molar-refractivity contribution in [2.75, 3.05) is 18.5 Å². The van der Waals surface area contributed by atoms with Crippen molar-refractivity contribution in [1.82, 2.24) is 9.38 Å². The molecule has 0 atom stereocenters. The predicted octanol–water partition coefficient (Wildman–Crippen LogP) is 3.79. The number of imidazole rings is 1. The second-order valence-electron chi connectivity index (χ2n) is 4.52. The summed E-state index contributed by atoms with van der Waals surface area (Å²) in [4.78, 5) is 16.2. The number of fused-ring (bicyclic) bond motifs is 1. The largest absolute Gasteiger partial charge is 0.465 e. The summed E-state index contributed by atoms with van der Waals surface area (Å²) in [6, 6.07) is 1.95. The Bertz CT molecular complexity index is 655. The van der Waals surface area contributed by atoms with Crippen LogP contribution < -0.4 is 5.32 Å². The van der Waals surface area contributed by atoms with Crippen molar-refractivity contribution in [3.63, 3.8) is 0 Å². The van der Waals surface area contributed by atoms with E-state index in [0.717, 1.165) is 38.9 Å². The van der Waals surface area contributed by atoms with E-state index < -0.39 is 0 Å². The van der Waals surface area contributed by atoms with Crippen molar-refractivity contribution in [3.05, 3.63) is 26.9 Å². The van der Waals surface area contributed by atoms with Crippen LogP contribution in [-0.4, -0.2) is 28.5 Å². The molecule has 5 nitrogen and oxygen atoms in total. The van der Waals surface area contributed by atoms with Crippen LogP contribution in [-0.2, 0) is 16.0 Å². The lowest BCUT2D eigenvalue weighted by Gasteiger charge is -2.08. The average molecular weight is 419 g/mol. The van der Waals surface area contributed by atoms with Gasteiger partial charge in [-0.2, -0.15) is 0 Å². The molecular weight excluding hydrogens is 402 g/mol. The monoisotopic (exact) mass is 417 g/mol. The van der Waals surface area contributed by atoms with Gasteiger partial charge in [-0.05, 0) is 51.3 Å². The highest BCUT2D eigenvalue weighted by molar-refractivity contribution is 9.11. The number of nitrogens with zero attached hydrogens (tertiary/aromatic N) is 2. The molecule has 1 N–H and O–H groups in total. The molecule has 0 bridgehead atoms. The number of rotatable bonds is 6. The van der Waals surface area contributed by atoms with E-state index in [1.54, 1.807) is 6.92 Å². The minimum Gasteiger partial charge on any atom is -0.465 e. The van der Waals surface area contributed by atoms with Crippen molar-refractivity contribution in [3.8, 4) is 0 Å². The van der Waals surface area contributed by atoms with Crippen molar-refractivity contribution < 1.29 is 9.53 Å². The number of pyridine rings is 1. The normalized spacial score (nSPS) is 10.9. The van der Waals surface area contributed by atoms with Crippen LogP contribution in [0.15, 0.2) is 21.2 Å². The number of carbonyl (C=O) groups excluding carboxylic acids is 1. The first-order chi connectivity index (χ1) is 10.1. The molecule has 21 heavy (non-hydrogen) atoms. The van der Waals surface area contributed by atoms with Gasteiger partial charge in [-0.25, -0.2) is 4.98 Å². The number of hydrogen-bond donors (Lipinski definition) is 1. The molecular formula is C14H17Br2N3O2. The van der Waals surface area contributed by atoms with Gasteiger partial charge >= 0.3 is 5.97 Å². The third kappa shape index (κ3) is 3.77. The van der Waals surface area contributed by atoms with Gasteiger partial charge in [0.25, 0.3) is 0 Å². The molecule has 0 amide bonds. The van der Waals surface area contributed by atoms with Crippen molar-refractivity contribution in [1.29, 1.82) is 0 Å². The highest BCUT2D eigenvalue weighted by Gasteiger charge is 2.15. The Morgan fingerprint density at radius 3 is 2.86 bits per heavy atom. The van der Waals surface area contributed by atoms with Crippen LogP contribution >= 0.6 is 31.9 Å². The van der Waals surface area contributed by atoms with Crippen LogP contribution in [0.2, 0.25) is 0 Å². The Morgan fingerprint density at radius 1 is 1.43 bits per heavy atom. The number of aryl methyl sites for hydroxylation is 1. The summed E-state index contributed by atoms with van der Waals surface area (Å²) in [6.07, 6.45) is 3.76. The first-order valence-corrected chi connectivity index (χ1v) is 8.40. The summed E-state index contributed by atoms with van der Waals surface area (Å²) >= 11 is 6.99. The fourth-order valence-corrected chi connectivity index (χ4v) is 3.35. The smallest absolute Gasteiger partial charge is 0.325 e. The Hall–Kier alpha value is -1.08. The number of hydrogen-bond acceptors (Lipinski definition) is 4. The van der Waals surface area contributed by atoms with Crippen molar-refractivity contribution in [2.24, 2.45) is 0 Å². The topological polar surface area (TPSA) is 55.6 Å². The third-order valence-corrected chi connectivity index (χ3v) is 3.92. The van der Waals surface area contributed by atoms with E-state index in [1.807, 2.05) is 16.7 Å². The van der Waals surface area contributed by atoms with Gasteiger partial charge in [0, 0.05) is 10.7 Å². The number of esters is 1. The standard InChI is InChI=1S/C14H17Br2N3O2/c1-3-5-11-14(17-7-12(20)21-4-2)19-8-9(15)6-10(16)13(19)18-11/h6,8,17H,3-5,7H2,1-2H3. The minimum absolute atomic E-state index is 0.127. The molecule has 0 unspecified atom stereocenters. The lowest BCUT2D eigenvalue weighted by molar-refractivity contribution is -0.140. The maximum Gasteiger partial charge on any atom is 0.325 e. The number of aromatic nitrogens is 2. The Balaban J connectivity index is 2.38. The molecule has 2 aromatic heterocycles. The maximum atomic E-state index is 11.5. The van der Waals surface area contributed by atoms with E-state index in [2.05, 4.69) is 49.1 Å². The quantitative estimate of drug-likeness (QED) is 0.725. The van der Waals surface area contributed by atoms with Crippen molar-refractivity contribution in [2.45, 2.75) is 26.7 Å². The van der Waals surface area contributed by atoms with Crippen LogP contribution in [0.25, 0.3) is 5.65 Å². The highest BCUT2D eigenvalue weighted by Crippen LogP contribution is 2.28. The lowest BCUT2D eigenvalue weighted by Crippen LogP contribution is -2.18. The van der Waals surface area contributed by atoms with E-state index in [9.17, 15) is 4.79 Å². The molecule has 0 saturated carbocycles. The molecule has 2 heterocycles. The number of nitrogens with one attached hydrogen (secondary N) is 1. The Morgan fingerprint density at radius 2 is 2.19 bits per heavy atom. The molecule has 0 aliphatic heterocycles. The van der Waals surface area contributed by atoms with Crippen LogP contribution in [0.1, 0.15) is 26.0 Å². The first kappa shape index (κ1) is 16.3. The van der Waals surface area contributed by atoms with E-state index in [1.165, 1.54) is 0 Å². The summed E-state index contributed by atoms with van der Waals surface area (Å²) in [5, 5.41) is 3.14. The molecule has 2 rings (SSSR count). The number of halogens is 2. The van der Waals surface area contributed by atoms with Crippen LogP contribution in [0.4, 0.5) is 5.82 Å². The number of ether oxygens (including phenoxy) is 1. The zero-order valence-electron chi connectivity index (χ0n) is 11.9. The van der Waals surface area contributed by atoms with Gasteiger partial charge in [0.2, 0.25) is 0 Å². The molecule has 0 saturated heterocycles. The zero-order valence-corrected chi connectivity index (χ0v) is 15.1.